The van der Waals surface area contributed by atoms with Crippen LogP contribution in [0.25, 0.3) is 0 Å². The Labute approximate surface area is 137 Å². The maximum atomic E-state index is 12.0. The number of benzene rings is 1. The maximum absolute atomic E-state index is 12.0. The molecule has 1 heterocycles. The van der Waals surface area contributed by atoms with E-state index in [0.717, 1.165) is 11.3 Å². The van der Waals surface area contributed by atoms with Gasteiger partial charge in [-0.15, -0.1) is 11.3 Å². The summed E-state index contributed by atoms with van der Waals surface area (Å²) in [6.45, 7) is 1.42. The standard InChI is InChI=1S/C15H17N3O4S/c1-9(19)17-15-18-12(8-23-15)14(21)16-7-13(20)10-3-5-11(22-2)6-4-10/h3-6,8,13,20H,7H2,1-2H3,(H,16,21)(H,17,18,19)/t13-/m1/s1. The lowest BCUT2D eigenvalue weighted by molar-refractivity contribution is -0.114. The number of ether oxygens (including phenoxy) is 1. The summed E-state index contributed by atoms with van der Waals surface area (Å²) >= 11 is 1.16. The van der Waals surface area contributed by atoms with Crippen LogP contribution in [0.3, 0.4) is 0 Å². The number of aliphatic hydroxyl groups excluding tert-OH is 1. The van der Waals surface area contributed by atoms with Crippen molar-refractivity contribution in [3.8, 4) is 5.75 Å². The fraction of sp³-hybridized carbons (Fsp3) is 0.267. The Hall–Kier alpha value is -2.45. The third-order valence-electron chi connectivity index (χ3n) is 2.98. The predicted molar refractivity (Wildman–Crippen MR) is 86.7 cm³/mol. The van der Waals surface area contributed by atoms with Crippen LogP contribution in [0, 0.1) is 0 Å². The molecule has 1 aromatic carbocycles. The van der Waals surface area contributed by atoms with Crippen LogP contribution in [-0.4, -0.2) is 35.6 Å². The summed E-state index contributed by atoms with van der Waals surface area (Å²) in [6.07, 6.45) is -0.835. The number of carbonyl (C=O) groups is 2. The summed E-state index contributed by atoms with van der Waals surface area (Å²) in [4.78, 5) is 26.9. The molecule has 2 rings (SSSR count). The highest BCUT2D eigenvalue weighted by atomic mass is 32.1. The van der Waals surface area contributed by atoms with Crippen LogP contribution in [0.15, 0.2) is 29.6 Å². The highest BCUT2D eigenvalue weighted by molar-refractivity contribution is 7.14. The van der Waals surface area contributed by atoms with E-state index in [9.17, 15) is 14.7 Å². The average Bonchev–Trinajstić information content (AvgIpc) is 3.00. The minimum absolute atomic E-state index is 0.0537. The highest BCUT2D eigenvalue weighted by Crippen LogP contribution is 2.18. The molecular weight excluding hydrogens is 318 g/mol. The number of anilines is 1. The van der Waals surface area contributed by atoms with Gasteiger partial charge in [-0.1, -0.05) is 12.1 Å². The van der Waals surface area contributed by atoms with E-state index in [-0.39, 0.29) is 18.1 Å². The lowest BCUT2D eigenvalue weighted by Crippen LogP contribution is -2.28. The molecule has 0 aliphatic carbocycles. The second-order valence-electron chi connectivity index (χ2n) is 4.72. The van der Waals surface area contributed by atoms with Crippen molar-refractivity contribution in [3.63, 3.8) is 0 Å². The maximum Gasteiger partial charge on any atom is 0.270 e. The number of methoxy groups -OCH3 is 1. The summed E-state index contributed by atoms with van der Waals surface area (Å²) in [7, 11) is 1.56. The van der Waals surface area contributed by atoms with Crippen LogP contribution in [0.5, 0.6) is 5.75 Å². The first-order valence-corrected chi connectivity index (χ1v) is 7.71. The Kier molecular flexibility index (Phi) is 5.67. The SMILES string of the molecule is COc1ccc([C@H](O)CNC(=O)c2csc(NC(C)=O)n2)cc1. The van der Waals surface area contributed by atoms with Crippen LogP contribution in [-0.2, 0) is 4.79 Å². The quantitative estimate of drug-likeness (QED) is 0.744. The fourth-order valence-corrected chi connectivity index (χ4v) is 2.55. The summed E-state index contributed by atoms with van der Waals surface area (Å²) in [5, 5.41) is 17.1. The van der Waals surface area contributed by atoms with Gasteiger partial charge in [0, 0.05) is 18.8 Å². The smallest absolute Gasteiger partial charge is 0.270 e. The molecular formula is C15H17N3O4S. The van der Waals surface area contributed by atoms with Crippen molar-refractivity contribution < 1.29 is 19.4 Å². The first-order valence-electron chi connectivity index (χ1n) is 6.83. The molecule has 0 radical (unpaired) electrons. The van der Waals surface area contributed by atoms with Gasteiger partial charge >= 0.3 is 0 Å². The Balaban J connectivity index is 1.89. The lowest BCUT2D eigenvalue weighted by Gasteiger charge is -2.12. The van der Waals surface area contributed by atoms with Gasteiger partial charge in [0.25, 0.3) is 5.91 Å². The number of nitrogens with one attached hydrogen (secondary N) is 2. The summed E-state index contributed by atoms with van der Waals surface area (Å²) in [5.74, 6) is 0.0320. The number of hydrogen-bond acceptors (Lipinski definition) is 6. The Morgan fingerprint density at radius 1 is 1.35 bits per heavy atom. The van der Waals surface area contributed by atoms with Crippen molar-refractivity contribution in [2.75, 3.05) is 19.0 Å². The minimum atomic E-state index is -0.835. The minimum Gasteiger partial charge on any atom is -0.497 e. The number of aromatic nitrogens is 1. The lowest BCUT2D eigenvalue weighted by atomic mass is 10.1. The van der Waals surface area contributed by atoms with E-state index in [2.05, 4.69) is 15.6 Å². The van der Waals surface area contributed by atoms with Gasteiger partial charge in [-0.3, -0.25) is 9.59 Å². The zero-order chi connectivity index (χ0) is 16.8. The number of nitrogens with zero attached hydrogens (tertiary/aromatic N) is 1. The molecule has 0 aliphatic heterocycles. The number of aliphatic hydroxyl groups is 1. The molecule has 7 nitrogen and oxygen atoms in total. The van der Waals surface area contributed by atoms with E-state index >= 15 is 0 Å². The van der Waals surface area contributed by atoms with Gasteiger partial charge in [0.1, 0.15) is 11.4 Å². The van der Waals surface area contributed by atoms with Gasteiger partial charge in [0.2, 0.25) is 5.91 Å². The molecule has 1 aromatic heterocycles. The third-order valence-corrected chi connectivity index (χ3v) is 3.73. The molecule has 8 heteroatoms. The first-order chi connectivity index (χ1) is 11.0. The van der Waals surface area contributed by atoms with Crippen LogP contribution in [0.1, 0.15) is 29.1 Å². The number of amides is 2. The second-order valence-corrected chi connectivity index (χ2v) is 5.58. The average molecular weight is 335 g/mol. The monoisotopic (exact) mass is 335 g/mol. The molecule has 122 valence electrons. The Bertz CT molecular complexity index is 684. The largest absolute Gasteiger partial charge is 0.497 e. The summed E-state index contributed by atoms with van der Waals surface area (Å²) < 4.78 is 5.05. The zero-order valence-corrected chi connectivity index (χ0v) is 13.5. The second kappa shape index (κ2) is 7.70. The molecule has 0 fully saturated rings. The van der Waals surface area contributed by atoms with Crippen molar-refractivity contribution in [1.82, 2.24) is 10.3 Å². The van der Waals surface area contributed by atoms with E-state index in [1.807, 2.05) is 0 Å². The van der Waals surface area contributed by atoms with E-state index in [0.29, 0.717) is 16.4 Å². The first kappa shape index (κ1) is 16.9. The van der Waals surface area contributed by atoms with Gasteiger partial charge in [-0.2, -0.15) is 0 Å². The number of rotatable bonds is 6. The summed E-state index contributed by atoms with van der Waals surface area (Å²) in [6, 6.07) is 6.93. The van der Waals surface area contributed by atoms with Gasteiger partial charge in [-0.25, -0.2) is 4.98 Å². The van der Waals surface area contributed by atoms with Crippen molar-refractivity contribution in [1.29, 1.82) is 0 Å². The molecule has 0 saturated heterocycles. The van der Waals surface area contributed by atoms with E-state index in [4.69, 9.17) is 4.74 Å². The highest BCUT2D eigenvalue weighted by Gasteiger charge is 2.14. The van der Waals surface area contributed by atoms with Crippen molar-refractivity contribution in [3.05, 3.63) is 40.9 Å². The van der Waals surface area contributed by atoms with Crippen LogP contribution >= 0.6 is 11.3 Å². The normalized spacial score (nSPS) is 11.6. The third kappa shape index (κ3) is 4.76. The van der Waals surface area contributed by atoms with Gasteiger partial charge in [0.05, 0.1) is 13.2 Å². The van der Waals surface area contributed by atoms with E-state index < -0.39 is 12.0 Å². The van der Waals surface area contributed by atoms with Crippen molar-refractivity contribution >= 4 is 28.3 Å². The number of carbonyl (C=O) groups excluding carboxylic acids is 2. The molecule has 0 spiro atoms. The van der Waals surface area contributed by atoms with Crippen molar-refractivity contribution in [2.45, 2.75) is 13.0 Å². The molecule has 0 bridgehead atoms. The number of hydrogen-bond donors (Lipinski definition) is 3. The molecule has 2 amide bonds. The van der Waals surface area contributed by atoms with Crippen LogP contribution in [0.2, 0.25) is 0 Å². The Morgan fingerprint density at radius 3 is 2.65 bits per heavy atom. The summed E-state index contributed by atoms with van der Waals surface area (Å²) in [5.41, 5.74) is 0.865. The number of thiazole rings is 1. The van der Waals surface area contributed by atoms with Gasteiger partial charge < -0.3 is 20.5 Å². The fourth-order valence-electron chi connectivity index (χ4n) is 1.81. The van der Waals surface area contributed by atoms with E-state index in [1.54, 1.807) is 36.8 Å². The molecule has 3 N–H and O–H groups in total. The molecule has 23 heavy (non-hydrogen) atoms. The molecule has 0 unspecified atom stereocenters. The topological polar surface area (TPSA) is 101 Å². The Morgan fingerprint density at radius 2 is 2.04 bits per heavy atom. The van der Waals surface area contributed by atoms with Gasteiger partial charge in [0.15, 0.2) is 5.13 Å². The molecule has 0 saturated carbocycles. The molecule has 2 aromatic rings. The predicted octanol–water partition coefficient (Wildman–Crippen LogP) is 1.57. The molecule has 0 aliphatic rings. The van der Waals surface area contributed by atoms with Gasteiger partial charge in [-0.05, 0) is 17.7 Å². The van der Waals surface area contributed by atoms with Crippen LogP contribution in [0.4, 0.5) is 5.13 Å². The van der Waals surface area contributed by atoms with Crippen molar-refractivity contribution in [2.24, 2.45) is 0 Å². The van der Waals surface area contributed by atoms with E-state index in [1.165, 1.54) is 6.92 Å². The zero-order valence-electron chi connectivity index (χ0n) is 12.7. The molecule has 1 atom stereocenters. The van der Waals surface area contributed by atoms with Crippen LogP contribution < -0.4 is 15.4 Å².